The van der Waals surface area contributed by atoms with Gasteiger partial charge in [0.2, 0.25) is 0 Å². The quantitative estimate of drug-likeness (QED) is 0.711. The first-order valence-electron chi connectivity index (χ1n) is 7.24. The van der Waals surface area contributed by atoms with E-state index in [9.17, 15) is 4.79 Å². The van der Waals surface area contributed by atoms with Crippen molar-refractivity contribution in [2.75, 3.05) is 6.54 Å². The fraction of sp³-hybridized carbons (Fsp3) is 0.235. The van der Waals surface area contributed by atoms with E-state index in [-0.39, 0.29) is 6.03 Å². The highest BCUT2D eigenvalue weighted by Crippen LogP contribution is 2.17. The van der Waals surface area contributed by atoms with Gasteiger partial charge in [-0.25, -0.2) is 4.79 Å². The number of ether oxygens (including phenoxy) is 1. The summed E-state index contributed by atoms with van der Waals surface area (Å²) < 4.78 is 6.63. The summed E-state index contributed by atoms with van der Waals surface area (Å²) in [5, 5.41) is 6.18. The number of hydrogen-bond donors (Lipinski definition) is 2. The predicted octanol–water partition coefficient (Wildman–Crippen LogP) is 4.37. The van der Waals surface area contributed by atoms with Crippen LogP contribution in [0.1, 0.15) is 12.5 Å². The Hall–Kier alpha value is -1.72. The summed E-state index contributed by atoms with van der Waals surface area (Å²) in [7, 11) is 0. The van der Waals surface area contributed by atoms with Gasteiger partial charge in [0, 0.05) is 16.0 Å². The molecule has 0 fully saturated rings. The van der Waals surface area contributed by atoms with Crippen molar-refractivity contribution in [1.29, 1.82) is 0 Å². The van der Waals surface area contributed by atoms with Crippen LogP contribution in [0.4, 0.5) is 4.79 Å². The van der Waals surface area contributed by atoms with Crippen LogP contribution >= 0.6 is 27.5 Å². The average molecular weight is 398 g/mol. The molecule has 0 bridgehead atoms. The van der Waals surface area contributed by atoms with E-state index < -0.39 is 6.23 Å². The van der Waals surface area contributed by atoms with E-state index in [1.165, 1.54) is 0 Å². The Morgan fingerprint density at radius 1 is 1.22 bits per heavy atom. The Morgan fingerprint density at radius 3 is 2.61 bits per heavy atom. The Labute approximate surface area is 149 Å². The molecule has 23 heavy (non-hydrogen) atoms. The number of benzene rings is 2. The summed E-state index contributed by atoms with van der Waals surface area (Å²) in [5.41, 5.74) is 1.15. The Morgan fingerprint density at radius 2 is 1.91 bits per heavy atom. The zero-order valence-corrected chi connectivity index (χ0v) is 15.0. The topological polar surface area (TPSA) is 50.4 Å². The minimum Gasteiger partial charge on any atom is -0.471 e. The number of halogens is 2. The number of rotatable bonds is 6. The van der Waals surface area contributed by atoms with Gasteiger partial charge in [0.1, 0.15) is 5.75 Å². The third-order valence-corrected chi connectivity index (χ3v) is 4.12. The first-order valence-corrected chi connectivity index (χ1v) is 8.41. The van der Waals surface area contributed by atoms with Gasteiger partial charge in [0.05, 0.1) is 0 Å². The largest absolute Gasteiger partial charge is 0.471 e. The number of carbonyl (C=O) groups is 1. The van der Waals surface area contributed by atoms with Crippen molar-refractivity contribution in [2.45, 2.75) is 19.6 Å². The molecule has 0 saturated heterocycles. The third-order valence-electron chi connectivity index (χ3n) is 3.10. The lowest BCUT2D eigenvalue weighted by Crippen LogP contribution is -2.43. The molecule has 0 radical (unpaired) electrons. The second-order valence-corrected chi connectivity index (χ2v) is 6.25. The Bertz CT molecular complexity index is 649. The second-order valence-electron chi connectivity index (χ2n) is 4.96. The van der Waals surface area contributed by atoms with Crippen LogP contribution in [0.25, 0.3) is 0 Å². The van der Waals surface area contributed by atoms with Gasteiger partial charge < -0.3 is 15.4 Å². The second kappa shape index (κ2) is 8.79. The molecule has 122 valence electrons. The maximum absolute atomic E-state index is 11.8. The van der Waals surface area contributed by atoms with Crippen LogP contribution in [0, 0.1) is 0 Å². The Balaban J connectivity index is 1.71. The molecule has 0 aliphatic carbocycles. The summed E-state index contributed by atoms with van der Waals surface area (Å²) in [5.74, 6) is 0.649. The predicted molar refractivity (Wildman–Crippen MR) is 95.9 cm³/mol. The van der Waals surface area contributed by atoms with Gasteiger partial charge in [-0.05, 0) is 49.2 Å². The highest BCUT2D eigenvalue weighted by molar-refractivity contribution is 9.10. The molecule has 2 amide bonds. The SMILES string of the molecule is CC(NC(=O)NCCc1ccccc1Br)Oc1ccc(Cl)cc1. The minimum atomic E-state index is -0.445. The van der Waals surface area contributed by atoms with Gasteiger partial charge in [-0.3, -0.25) is 0 Å². The van der Waals surface area contributed by atoms with Gasteiger partial charge >= 0.3 is 6.03 Å². The zero-order valence-electron chi connectivity index (χ0n) is 12.7. The molecule has 2 N–H and O–H groups in total. The van der Waals surface area contributed by atoms with Gasteiger partial charge in [-0.2, -0.15) is 0 Å². The monoisotopic (exact) mass is 396 g/mol. The van der Waals surface area contributed by atoms with Crippen LogP contribution < -0.4 is 15.4 Å². The lowest BCUT2D eigenvalue weighted by molar-refractivity contribution is 0.177. The van der Waals surface area contributed by atoms with Crippen molar-refractivity contribution in [3.8, 4) is 5.75 Å². The maximum atomic E-state index is 11.8. The molecule has 6 heteroatoms. The molecule has 0 aromatic heterocycles. The summed E-state index contributed by atoms with van der Waals surface area (Å²) in [4.78, 5) is 11.8. The molecule has 0 aliphatic rings. The number of carbonyl (C=O) groups excluding carboxylic acids is 1. The van der Waals surface area contributed by atoms with Crippen molar-refractivity contribution in [2.24, 2.45) is 0 Å². The van der Waals surface area contributed by atoms with E-state index in [0.717, 1.165) is 16.5 Å². The van der Waals surface area contributed by atoms with Crippen molar-refractivity contribution < 1.29 is 9.53 Å². The smallest absolute Gasteiger partial charge is 0.317 e. The molecule has 1 atom stereocenters. The summed E-state index contributed by atoms with van der Waals surface area (Å²) in [6.07, 6.45) is 0.306. The van der Waals surface area contributed by atoms with Gasteiger partial charge in [-0.1, -0.05) is 45.7 Å². The maximum Gasteiger partial charge on any atom is 0.317 e. The van der Waals surface area contributed by atoms with Gasteiger partial charge in [-0.15, -0.1) is 0 Å². The number of hydrogen-bond acceptors (Lipinski definition) is 2. The van der Waals surface area contributed by atoms with E-state index >= 15 is 0 Å². The number of amides is 2. The normalized spacial score (nSPS) is 11.6. The first-order chi connectivity index (χ1) is 11.0. The average Bonchev–Trinajstić information content (AvgIpc) is 2.51. The number of nitrogens with one attached hydrogen (secondary N) is 2. The van der Waals surface area contributed by atoms with Gasteiger partial charge in [0.15, 0.2) is 6.23 Å². The molecule has 0 aliphatic heterocycles. The fourth-order valence-corrected chi connectivity index (χ4v) is 2.60. The summed E-state index contributed by atoms with van der Waals surface area (Å²) in [6.45, 7) is 2.31. The fourth-order valence-electron chi connectivity index (χ4n) is 1.99. The van der Waals surface area contributed by atoms with E-state index in [1.54, 1.807) is 31.2 Å². The molecule has 2 aromatic carbocycles. The minimum absolute atomic E-state index is 0.265. The molecular formula is C17H18BrClN2O2. The van der Waals surface area contributed by atoms with Crippen LogP contribution in [0.15, 0.2) is 53.0 Å². The lowest BCUT2D eigenvalue weighted by Gasteiger charge is -2.17. The van der Waals surface area contributed by atoms with E-state index in [0.29, 0.717) is 17.3 Å². The molecule has 2 aromatic rings. The molecule has 0 heterocycles. The van der Waals surface area contributed by atoms with Crippen molar-refractivity contribution >= 4 is 33.6 Å². The molecule has 2 rings (SSSR count). The van der Waals surface area contributed by atoms with E-state index in [1.807, 2.05) is 24.3 Å². The highest BCUT2D eigenvalue weighted by Gasteiger charge is 2.08. The van der Waals surface area contributed by atoms with Crippen LogP contribution in [-0.2, 0) is 6.42 Å². The van der Waals surface area contributed by atoms with Crippen LogP contribution in [0.2, 0.25) is 5.02 Å². The zero-order chi connectivity index (χ0) is 16.7. The number of urea groups is 1. The van der Waals surface area contributed by atoms with Gasteiger partial charge in [0.25, 0.3) is 0 Å². The van der Waals surface area contributed by atoms with E-state index in [2.05, 4.69) is 26.6 Å². The summed E-state index contributed by atoms with van der Waals surface area (Å²) in [6, 6.07) is 14.7. The lowest BCUT2D eigenvalue weighted by atomic mass is 10.1. The van der Waals surface area contributed by atoms with Crippen molar-refractivity contribution in [3.05, 3.63) is 63.6 Å². The van der Waals surface area contributed by atoms with E-state index in [4.69, 9.17) is 16.3 Å². The summed E-state index contributed by atoms with van der Waals surface area (Å²) >= 11 is 9.30. The van der Waals surface area contributed by atoms with Crippen LogP contribution in [0.3, 0.4) is 0 Å². The molecular weight excluding hydrogens is 380 g/mol. The van der Waals surface area contributed by atoms with Crippen LogP contribution in [-0.4, -0.2) is 18.8 Å². The first kappa shape index (κ1) is 17.6. The molecule has 0 spiro atoms. The highest BCUT2D eigenvalue weighted by atomic mass is 79.9. The third kappa shape index (κ3) is 6.12. The molecule has 4 nitrogen and oxygen atoms in total. The Kier molecular flexibility index (Phi) is 6.74. The van der Waals surface area contributed by atoms with Crippen LogP contribution in [0.5, 0.6) is 5.75 Å². The van der Waals surface area contributed by atoms with Crippen molar-refractivity contribution in [3.63, 3.8) is 0 Å². The van der Waals surface area contributed by atoms with Crippen molar-refractivity contribution in [1.82, 2.24) is 10.6 Å². The molecule has 0 saturated carbocycles. The standard InChI is InChI=1S/C17H18BrClN2O2/c1-12(23-15-8-6-14(19)7-9-15)21-17(22)20-11-10-13-4-2-3-5-16(13)18/h2-9,12H,10-11H2,1H3,(H2,20,21,22). The molecule has 1 unspecified atom stereocenters.